The van der Waals surface area contributed by atoms with E-state index in [9.17, 15) is 28.3 Å². The number of amides is 3. The Balaban J connectivity index is 1.75. The van der Waals surface area contributed by atoms with Crippen LogP contribution in [0, 0.1) is 41.9 Å². The van der Waals surface area contributed by atoms with Gasteiger partial charge in [-0.2, -0.15) is 0 Å². The number of carbonyl (C=O) groups excluding carboxylic acids is 3. The molecule has 0 bridgehead atoms. The van der Waals surface area contributed by atoms with Crippen molar-refractivity contribution in [3.8, 4) is 12.3 Å². The Bertz CT molecular complexity index is 987. The van der Waals surface area contributed by atoms with E-state index in [4.69, 9.17) is 6.42 Å². The molecular formula is C36H60F2N4O4. The van der Waals surface area contributed by atoms with E-state index >= 15 is 0 Å². The molecule has 46 heavy (non-hydrogen) atoms. The van der Waals surface area contributed by atoms with Crippen LogP contribution in [0.1, 0.15) is 117 Å². The fourth-order valence-corrected chi connectivity index (χ4v) is 7.88. The van der Waals surface area contributed by atoms with Gasteiger partial charge in [-0.3, -0.25) is 19.8 Å². The van der Waals surface area contributed by atoms with Gasteiger partial charge in [0.2, 0.25) is 17.7 Å². The molecule has 0 aromatic rings. The second kappa shape index (κ2) is 19.5. The number of nitrogens with zero attached hydrogens (tertiary/aromatic N) is 2. The molecule has 0 aromatic carbocycles. The summed E-state index contributed by atoms with van der Waals surface area (Å²) in [5.74, 6) is 0.978. The lowest BCUT2D eigenvalue weighted by Gasteiger charge is -2.37. The number of terminal acetylenes is 1. The van der Waals surface area contributed by atoms with E-state index in [1.165, 1.54) is 0 Å². The maximum atomic E-state index is 14.4. The van der Waals surface area contributed by atoms with Gasteiger partial charge >= 0.3 is 0 Å². The molecular weight excluding hydrogens is 590 g/mol. The summed E-state index contributed by atoms with van der Waals surface area (Å²) in [5.41, 5.74) is 3.01. The van der Waals surface area contributed by atoms with Crippen molar-refractivity contribution in [1.29, 1.82) is 0 Å². The quantitative estimate of drug-likeness (QED) is 0.155. The van der Waals surface area contributed by atoms with Gasteiger partial charge in [0.1, 0.15) is 12.3 Å². The van der Waals surface area contributed by atoms with Gasteiger partial charge in [-0.25, -0.2) is 13.8 Å². The van der Waals surface area contributed by atoms with E-state index in [1.54, 1.807) is 5.01 Å². The van der Waals surface area contributed by atoms with Crippen molar-refractivity contribution < 1.29 is 28.3 Å². The highest BCUT2D eigenvalue weighted by atomic mass is 19.1. The molecule has 3 fully saturated rings. The molecule has 0 aliphatic heterocycles. The van der Waals surface area contributed by atoms with Crippen LogP contribution in [0.3, 0.4) is 0 Å². The number of carbonyl (C=O) groups is 3. The van der Waals surface area contributed by atoms with Gasteiger partial charge < -0.3 is 15.3 Å². The molecule has 0 radical (unpaired) electrons. The molecule has 3 amide bonds. The number of nitrogens with one attached hydrogen (secondary N) is 2. The van der Waals surface area contributed by atoms with Crippen molar-refractivity contribution in [2.75, 3.05) is 26.2 Å². The van der Waals surface area contributed by atoms with E-state index < -0.39 is 30.4 Å². The van der Waals surface area contributed by atoms with Crippen LogP contribution >= 0.6 is 0 Å². The summed E-state index contributed by atoms with van der Waals surface area (Å²) in [6.07, 6.45) is 11.4. The fraction of sp³-hybridized carbons (Fsp3) is 0.861. The summed E-state index contributed by atoms with van der Waals surface area (Å²) in [4.78, 5) is 42.3. The SMILES string of the molecule is C#CC1CC(C(=O)NC(CC2CC(F)CC(F)C2)C(O)CN(CCC)NC(=O)C2CCCCC2)CC(C(=O)N(CCC)CCC)C1. The van der Waals surface area contributed by atoms with E-state index in [0.717, 1.165) is 51.4 Å². The van der Waals surface area contributed by atoms with E-state index in [0.29, 0.717) is 38.9 Å². The first-order valence-corrected chi connectivity index (χ1v) is 18.1. The van der Waals surface area contributed by atoms with Crippen LogP contribution in [0.2, 0.25) is 0 Å². The third-order valence-electron chi connectivity index (χ3n) is 10.2. The molecule has 3 N–H and O–H groups in total. The lowest BCUT2D eigenvalue weighted by atomic mass is 9.74. The number of rotatable bonds is 16. The van der Waals surface area contributed by atoms with Crippen LogP contribution < -0.4 is 10.7 Å². The Morgan fingerprint density at radius 2 is 1.43 bits per heavy atom. The first-order valence-electron chi connectivity index (χ1n) is 18.1. The summed E-state index contributed by atoms with van der Waals surface area (Å²) in [6, 6.07) is -0.780. The third kappa shape index (κ3) is 11.8. The third-order valence-corrected chi connectivity index (χ3v) is 10.2. The number of alkyl halides is 2. The molecule has 0 spiro atoms. The van der Waals surface area contributed by atoms with Crippen LogP contribution in [0.15, 0.2) is 0 Å². The second-order valence-electron chi connectivity index (χ2n) is 14.2. The van der Waals surface area contributed by atoms with Gasteiger partial charge in [-0.15, -0.1) is 12.3 Å². The molecule has 3 rings (SSSR count). The first-order chi connectivity index (χ1) is 22.1. The molecule has 8 nitrogen and oxygen atoms in total. The van der Waals surface area contributed by atoms with Crippen LogP contribution in [-0.2, 0) is 14.4 Å². The normalized spacial score (nSPS) is 28.6. The number of aliphatic hydroxyl groups is 1. The molecule has 7 unspecified atom stereocenters. The van der Waals surface area contributed by atoms with Crippen molar-refractivity contribution in [2.24, 2.45) is 29.6 Å². The van der Waals surface area contributed by atoms with E-state index in [1.807, 2.05) is 25.7 Å². The molecule has 0 heterocycles. The molecule has 7 atom stereocenters. The number of hydrogen-bond donors (Lipinski definition) is 3. The van der Waals surface area contributed by atoms with Crippen LogP contribution in [0.25, 0.3) is 0 Å². The minimum absolute atomic E-state index is 0.0344. The molecule has 262 valence electrons. The van der Waals surface area contributed by atoms with Gasteiger partial charge in [0.25, 0.3) is 0 Å². The predicted molar refractivity (Wildman–Crippen MR) is 177 cm³/mol. The zero-order valence-corrected chi connectivity index (χ0v) is 28.5. The van der Waals surface area contributed by atoms with E-state index in [2.05, 4.69) is 16.7 Å². The monoisotopic (exact) mass is 650 g/mol. The lowest BCUT2D eigenvalue weighted by Crippen LogP contribution is -2.55. The first kappa shape index (κ1) is 38.2. The van der Waals surface area contributed by atoms with Crippen molar-refractivity contribution in [3.63, 3.8) is 0 Å². The highest BCUT2D eigenvalue weighted by molar-refractivity contribution is 5.83. The fourth-order valence-electron chi connectivity index (χ4n) is 7.88. The highest BCUT2D eigenvalue weighted by Gasteiger charge is 2.39. The summed E-state index contributed by atoms with van der Waals surface area (Å²) in [5, 5.41) is 16.3. The Morgan fingerprint density at radius 1 is 0.826 bits per heavy atom. The summed E-state index contributed by atoms with van der Waals surface area (Å²) in [6.45, 7) is 7.97. The standard InChI is InChI=1S/C36H60F2N4O4/c1-5-14-41(15-6-2)36(46)29-18-25(8-4)17-28(22-29)34(44)39-32(21-26-19-30(37)23-31(38)20-26)33(43)24-42(16-7-3)40-35(45)27-12-10-9-11-13-27/h4,25-33,43H,5-7,9-24H2,1-3H3,(H,39,44)(H,40,45). The Labute approximate surface area is 276 Å². The minimum atomic E-state index is -1.26. The molecule has 0 saturated heterocycles. The Hall–Kier alpha value is -2.25. The van der Waals surface area contributed by atoms with Gasteiger partial charge in [0.05, 0.1) is 12.1 Å². The average molecular weight is 651 g/mol. The van der Waals surface area contributed by atoms with Crippen LogP contribution in [-0.4, -0.2) is 83.4 Å². The summed E-state index contributed by atoms with van der Waals surface area (Å²) >= 11 is 0. The van der Waals surface area contributed by atoms with Crippen molar-refractivity contribution in [1.82, 2.24) is 20.7 Å². The number of hydrazine groups is 1. The van der Waals surface area contributed by atoms with Crippen molar-refractivity contribution in [3.05, 3.63) is 0 Å². The summed E-state index contributed by atoms with van der Waals surface area (Å²) < 4.78 is 28.8. The minimum Gasteiger partial charge on any atom is -0.390 e. The zero-order chi connectivity index (χ0) is 33.6. The number of halogens is 2. The van der Waals surface area contributed by atoms with E-state index in [-0.39, 0.29) is 73.6 Å². The zero-order valence-electron chi connectivity index (χ0n) is 28.5. The highest BCUT2D eigenvalue weighted by Crippen LogP contribution is 2.36. The van der Waals surface area contributed by atoms with Crippen molar-refractivity contribution >= 4 is 17.7 Å². The van der Waals surface area contributed by atoms with Crippen LogP contribution in [0.4, 0.5) is 8.78 Å². The van der Waals surface area contributed by atoms with Gasteiger partial charge in [0, 0.05) is 56.3 Å². The number of hydrogen-bond acceptors (Lipinski definition) is 5. The molecule has 3 aliphatic rings. The Kier molecular flexibility index (Phi) is 16.2. The second-order valence-corrected chi connectivity index (χ2v) is 14.2. The van der Waals surface area contributed by atoms with Crippen LogP contribution in [0.5, 0.6) is 0 Å². The average Bonchev–Trinajstić information content (AvgIpc) is 3.03. The summed E-state index contributed by atoms with van der Waals surface area (Å²) in [7, 11) is 0. The molecule has 10 heteroatoms. The molecule has 0 aromatic heterocycles. The predicted octanol–water partition coefficient (Wildman–Crippen LogP) is 5.34. The largest absolute Gasteiger partial charge is 0.390 e. The number of aliphatic hydroxyl groups excluding tert-OH is 1. The smallest absolute Gasteiger partial charge is 0.237 e. The molecule has 3 aliphatic carbocycles. The van der Waals surface area contributed by atoms with Gasteiger partial charge in [0.15, 0.2) is 0 Å². The Morgan fingerprint density at radius 3 is 2.02 bits per heavy atom. The lowest BCUT2D eigenvalue weighted by molar-refractivity contribution is -0.139. The maximum absolute atomic E-state index is 14.4. The van der Waals surface area contributed by atoms with Gasteiger partial charge in [-0.1, -0.05) is 40.0 Å². The maximum Gasteiger partial charge on any atom is 0.237 e. The molecule has 3 saturated carbocycles. The topological polar surface area (TPSA) is 102 Å². The van der Waals surface area contributed by atoms with Gasteiger partial charge in [-0.05, 0) is 76.5 Å². The van der Waals surface area contributed by atoms with Crippen molar-refractivity contribution in [2.45, 2.75) is 142 Å².